The molecule has 5 aromatic rings. The van der Waals surface area contributed by atoms with Gasteiger partial charge in [-0.2, -0.15) is 0 Å². The third-order valence-electron chi connectivity index (χ3n) is 6.92. The van der Waals surface area contributed by atoms with Crippen LogP contribution < -0.4 is 15.5 Å². The van der Waals surface area contributed by atoms with Crippen LogP contribution in [0.4, 0.5) is 5.69 Å². The van der Waals surface area contributed by atoms with E-state index in [4.69, 9.17) is 4.74 Å². The van der Waals surface area contributed by atoms with Crippen LogP contribution in [0.3, 0.4) is 0 Å². The molecule has 0 aliphatic heterocycles. The Bertz CT molecular complexity index is 1620. The van der Waals surface area contributed by atoms with Gasteiger partial charge in [0.05, 0.1) is 18.2 Å². The minimum absolute atomic E-state index is 0.0812. The molecule has 192 valence electrons. The van der Waals surface area contributed by atoms with Crippen molar-refractivity contribution in [3.8, 4) is 5.75 Å². The first kappa shape index (κ1) is 25.2. The van der Waals surface area contributed by atoms with Crippen LogP contribution in [0.1, 0.15) is 21.5 Å². The summed E-state index contributed by atoms with van der Waals surface area (Å²) in [5.74, 6) is 0.620. The van der Waals surface area contributed by atoms with Crippen molar-refractivity contribution in [2.45, 2.75) is 12.8 Å². The number of fused-ring (bicyclic) bond motifs is 2. The molecule has 0 aliphatic carbocycles. The molecular formula is C32H31N3O3. The van der Waals surface area contributed by atoms with Crippen LogP contribution >= 0.6 is 0 Å². The van der Waals surface area contributed by atoms with Crippen molar-refractivity contribution in [2.24, 2.45) is 0 Å². The SMILES string of the molecule is COc1ccc(CCN(C)CCc2ccc(NC(=O)c3cccc4c(=O)c5ccccc5[nH]c34)cc2)cc1. The summed E-state index contributed by atoms with van der Waals surface area (Å²) in [7, 11) is 3.81. The minimum atomic E-state index is -0.257. The number of ether oxygens (including phenoxy) is 1. The molecule has 0 unspecified atom stereocenters. The molecule has 6 heteroatoms. The van der Waals surface area contributed by atoms with Crippen LogP contribution in [0.5, 0.6) is 5.75 Å². The van der Waals surface area contributed by atoms with Crippen molar-refractivity contribution < 1.29 is 9.53 Å². The largest absolute Gasteiger partial charge is 0.497 e. The maximum atomic E-state index is 13.2. The quantitative estimate of drug-likeness (QED) is 0.254. The lowest BCUT2D eigenvalue weighted by atomic mass is 10.1. The smallest absolute Gasteiger partial charge is 0.257 e. The first-order valence-electron chi connectivity index (χ1n) is 12.8. The van der Waals surface area contributed by atoms with E-state index in [1.807, 2.05) is 54.6 Å². The number of carbonyl (C=O) groups is 1. The van der Waals surface area contributed by atoms with E-state index < -0.39 is 0 Å². The molecule has 0 bridgehead atoms. The molecule has 5 rings (SSSR count). The van der Waals surface area contributed by atoms with Crippen molar-refractivity contribution in [3.05, 3.63) is 118 Å². The second kappa shape index (κ2) is 11.3. The van der Waals surface area contributed by atoms with E-state index in [9.17, 15) is 9.59 Å². The molecule has 0 radical (unpaired) electrons. The summed E-state index contributed by atoms with van der Waals surface area (Å²) in [5.41, 5.74) is 4.83. The number of para-hydroxylation sites is 2. The third kappa shape index (κ3) is 5.61. The lowest BCUT2D eigenvalue weighted by Gasteiger charge is -2.17. The number of aromatic amines is 1. The van der Waals surface area contributed by atoms with Crippen LogP contribution in [0, 0.1) is 0 Å². The molecule has 1 amide bonds. The average Bonchev–Trinajstić information content (AvgIpc) is 2.96. The highest BCUT2D eigenvalue weighted by Gasteiger charge is 2.14. The summed E-state index contributed by atoms with van der Waals surface area (Å²) in [4.78, 5) is 31.7. The van der Waals surface area contributed by atoms with E-state index in [-0.39, 0.29) is 11.3 Å². The van der Waals surface area contributed by atoms with Gasteiger partial charge in [0, 0.05) is 35.1 Å². The maximum Gasteiger partial charge on any atom is 0.257 e. The highest BCUT2D eigenvalue weighted by atomic mass is 16.5. The van der Waals surface area contributed by atoms with Crippen molar-refractivity contribution in [1.29, 1.82) is 0 Å². The van der Waals surface area contributed by atoms with Gasteiger partial charge in [-0.25, -0.2) is 0 Å². The monoisotopic (exact) mass is 505 g/mol. The van der Waals surface area contributed by atoms with Gasteiger partial charge in [0.1, 0.15) is 5.75 Å². The summed E-state index contributed by atoms with van der Waals surface area (Å²) in [6.45, 7) is 1.92. The number of pyridine rings is 1. The molecule has 0 aliphatic rings. The van der Waals surface area contributed by atoms with E-state index in [1.165, 1.54) is 11.1 Å². The Kier molecular flexibility index (Phi) is 7.52. The third-order valence-corrected chi connectivity index (χ3v) is 6.92. The summed E-state index contributed by atoms with van der Waals surface area (Å²) < 4.78 is 5.22. The number of hydrogen-bond donors (Lipinski definition) is 2. The number of methoxy groups -OCH3 is 1. The van der Waals surface area contributed by atoms with Crippen LogP contribution in [-0.4, -0.2) is 43.0 Å². The lowest BCUT2D eigenvalue weighted by molar-refractivity contribution is 0.102. The van der Waals surface area contributed by atoms with Gasteiger partial charge in [-0.15, -0.1) is 0 Å². The highest BCUT2D eigenvalue weighted by Crippen LogP contribution is 2.20. The van der Waals surface area contributed by atoms with Gasteiger partial charge in [0.15, 0.2) is 5.43 Å². The van der Waals surface area contributed by atoms with E-state index in [0.29, 0.717) is 33.1 Å². The van der Waals surface area contributed by atoms with E-state index in [1.54, 1.807) is 31.4 Å². The van der Waals surface area contributed by atoms with Gasteiger partial charge in [0.2, 0.25) is 0 Å². The molecular weight excluding hydrogens is 474 g/mol. The Morgan fingerprint density at radius 3 is 2.13 bits per heavy atom. The minimum Gasteiger partial charge on any atom is -0.497 e. The topological polar surface area (TPSA) is 74.4 Å². The predicted octanol–water partition coefficient (Wildman–Crippen LogP) is 5.66. The number of amides is 1. The van der Waals surface area contributed by atoms with Crippen LogP contribution in [0.25, 0.3) is 21.8 Å². The summed E-state index contributed by atoms with van der Waals surface area (Å²) >= 11 is 0. The maximum absolute atomic E-state index is 13.2. The van der Waals surface area contributed by atoms with Crippen LogP contribution in [0.15, 0.2) is 95.8 Å². The molecule has 0 atom stereocenters. The number of benzene rings is 4. The number of rotatable bonds is 9. The van der Waals surface area contributed by atoms with Gasteiger partial charge in [-0.3, -0.25) is 9.59 Å². The van der Waals surface area contributed by atoms with E-state index in [0.717, 1.165) is 31.7 Å². The van der Waals surface area contributed by atoms with Gasteiger partial charge >= 0.3 is 0 Å². The molecule has 4 aromatic carbocycles. The number of hydrogen-bond acceptors (Lipinski definition) is 4. The Morgan fingerprint density at radius 2 is 1.45 bits per heavy atom. The van der Waals surface area contributed by atoms with Crippen molar-refractivity contribution in [2.75, 3.05) is 32.6 Å². The Balaban J connectivity index is 1.20. The number of likely N-dealkylation sites (N-methyl/N-ethyl adjacent to an activating group) is 1. The Morgan fingerprint density at radius 1 is 0.816 bits per heavy atom. The van der Waals surface area contributed by atoms with Gasteiger partial charge in [0.25, 0.3) is 5.91 Å². The van der Waals surface area contributed by atoms with Gasteiger partial charge < -0.3 is 19.9 Å². The molecule has 38 heavy (non-hydrogen) atoms. The van der Waals surface area contributed by atoms with Crippen LogP contribution in [0.2, 0.25) is 0 Å². The fourth-order valence-electron chi connectivity index (χ4n) is 4.63. The lowest BCUT2D eigenvalue weighted by Crippen LogP contribution is -2.23. The summed E-state index contributed by atoms with van der Waals surface area (Å²) in [6, 6.07) is 28.7. The fraction of sp³-hybridized carbons (Fsp3) is 0.188. The van der Waals surface area contributed by atoms with Crippen molar-refractivity contribution in [1.82, 2.24) is 9.88 Å². The molecule has 1 heterocycles. The highest BCUT2D eigenvalue weighted by molar-refractivity contribution is 6.13. The zero-order valence-corrected chi connectivity index (χ0v) is 21.7. The van der Waals surface area contributed by atoms with Crippen molar-refractivity contribution in [3.63, 3.8) is 0 Å². The summed E-state index contributed by atoms with van der Waals surface area (Å²) in [5, 5.41) is 4.09. The first-order valence-corrected chi connectivity index (χ1v) is 12.8. The number of H-pyrrole nitrogens is 1. The normalized spacial score (nSPS) is 11.2. The number of nitrogens with one attached hydrogen (secondary N) is 2. The zero-order valence-electron chi connectivity index (χ0n) is 21.7. The van der Waals surface area contributed by atoms with Gasteiger partial charge in [-0.05, 0) is 79.5 Å². The van der Waals surface area contributed by atoms with E-state index >= 15 is 0 Å². The zero-order chi connectivity index (χ0) is 26.5. The molecule has 6 nitrogen and oxygen atoms in total. The van der Waals surface area contributed by atoms with Gasteiger partial charge in [-0.1, -0.05) is 42.5 Å². The Labute approximate surface area is 221 Å². The Hall–Kier alpha value is -4.42. The number of aromatic nitrogens is 1. The second-order valence-corrected chi connectivity index (χ2v) is 9.53. The predicted molar refractivity (Wildman–Crippen MR) is 154 cm³/mol. The molecule has 0 saturated carbocycles. The molecule has 2 N–H and O–H groups in total. The average molecular weight is 506 g/mol. The summed E-state index contributed by atoms with van der Waals surface area (Å²) in [6.07, 6.45) is 1.91. The number of carbonyl (C=O) groups excluding carboxylic acids is 1. The fourth-order valence-corrected chi connectivity index (χ4v) is 4.63. The standard InChI is InChI=1S/C32H31N3O3/c1-35(21-19-23-12-16-25(38-2)17-13-23)20-18-22-10-14-24(15-11-22)33-32(37)28-8-5-7-27-30(28)34-29-9-4-3-6-26(29)31(27)36/h3-17H,18-21H2,1-2H3,(H,33,37)(H,34,36). The molecule has 0 spiro atoms. The number of anilines is 1. The second-order valence-electron chi connectivity index (χ2n) is 9.53. The number of nitrogens with zero attached hydrogens (tertiary/aromatic N) is 1. The molecule has 0 fully saturated rings. The first-order chi connectivity index (χ1) is 18.5. The molecule has 1 aromatic heterocycles. The van der Waals surface area contributed by atoms with Crippen molar-refractivity contribution >= 4 is 33.4 Å². The van der Waals surface area contributed by atoms with E-state index in [2.05, 4.69) is 34.4 Å². The molecule has 0 saturated heterocycles. The van der Waals surface area contributed by atoms with Crippen LogP contribution in [-0.2, 0) is 12.8 Å².